The smallest absolute Gasteiger partial charge is 0.225 e. The summed E-state index contributed by atoms with van der Waals surface area (Å²) in [5, 5.41) is 0. The topological polar surface area (TPSA) is 51.7 Å². The molecule has 5 heteroatoms. The molecule has 3 aliphatic rings. The van der Waals surface area contributed by atoms with Crippen LogP contribution in [0.4, 0.5) is 0 Å². The summed E-state index contributed by atoms with van der Waals surface area (Å²) in [7, 11) is 0. The van der Waals surface area contributed by atoms with Gasteiger partial charge >= 0.3 is 0 Å². The van der Waals surface area contributed by atoms with Crippen molar-refractivity contribution in [1.29, 1.82) is 0 Å². The van der Waals surface area contributed by atoms with Crippen LogP contribution in [-0.4, -0.2) is 47.7 Å². The van der Waals surface area contributed by atoms with Crippen molar-refractivity contribution < 1.29 is 14.3 Å². The Morgan fingerprint density at radius 3 is 2.69 bits per heavy atom. The van der Waals surface area contributed by atoms with E-state index in [1.54, 1.807) is 12.4 Å². The Kier molecular flexibility index (Phi) is 5.44. The van der Waals surface area contributed by atoms with Gasteiger partial charge in [-0.05, 0) is 63.0 Å². The van der Waals surface area contributed by atoms with Crippen molar-refractivity contribution in [2.75, 3.05) is 26.3 Å². The van der Waals surface area contributed by atoms with Gasteiger partial charge in [0, 0.05) is 38.0 Å². The molecule has 1 amide bonds. The minimum absolute atomic E-state index is 0.00399. The Morgan fingerprint density at radius 2 is 2.00 bits per heavy atom. The van der Waals surface area contributed by atoms with Gasteiger partial charge in [0.1, 0.15) is 5.75 Å². The van der Waals surface area contributed by atoms with Crippen molar-refractivity contribution in [3.63, 3.8) is 0 Å². The van der Waals surface area contributed by atoms with E-state index >= 15 is 0 Å². The Hall–Kier alpha value is -1.62. The van der Waals surface area contributed by atoms with Crippen LogP contribution in [0.15, 0.2) is 24.5 Å². The first-order valence-corrected chi connectivity index (χ1v) is 10.2. The highest BCUT2D eigenvalue weighted by Gasteiger charge is 2.42. The van der Waals surface area contributed by atoms with Crippen molar-refractivity contribution in [2.45, 2.75) is 57.0 Å². The number of carbonyl (C=O) groups excluding carboxylic acids is 1. The average Bonchev–Trinajstić information content (AvgIpc) is 2.62. The fraction of sp³-hybridized carbons (Fsp3) is 0.714. The first-order valence-electron chi connectivity index (χ1n) is 10.2. The van der Waals surface area contributed by atoms with Crippen LogP contribution in [0, 0.1) is 11.8 Å². The molecule has 1 saturated carbocycles. The number of carbonyl (C=O) groups is 1. The fourth-order valence-corrected chi connectivity index (χ4v) is 4.55. The highest BCUT2D eigenvalue weighted by Crippen LogP contribution is 2.39. The molecule has 0 aromatic carbocycles. The molecule has 1 aromatic heterocycles. The number of aromatic nitrogens is 1. The van der Waals surface area contributed by atoms with Gasteiger partial charge in [-0.15, -0.1) is 0 Å². The van der Waals surface area contributed by atoms with Crippen molar-refractivity contribution in [2.24, 2.45) is 11.8 Å². The molecule has 0 radical (unpaired) electrons. The van der Waals surface area contributed by atoms with E-state index in [9.17, 15) is 4.79 Å². The van der Waals surface area contributed by atoms with Gasteiger partial charge in [-0.1, -0.05) is 6.42 Å². The van der Waals surface area contributed by atoms with Crippen LogP contribution in [0.1, 0.15) is 51.4 Å². The Bertz CT molecular complexity index is 595. The summed E-state index contributed by atoms with van der Waals surface area (Å²) in [6.45, 7) is 3.33. The number of likely N-dealkylation sites (tertiary alicyclic amines) is 1. The summed E-state index contributed by atoms with van der Waals surface area (Å²) in [6.07, 6.45) is 12.2. The van der Waals surface area contributed by atoms with Crippen LogP contribution >= 0.6 is 0 Å². The maximum absolute atomic E-state index is 12.5. The standard InChI is InChI=1S/C21H30N2O3/c24-20(18-2-1-3-18)23-12-8-21(9-13-23)16-17(7-15-26-21)6-14-25-19-4-10-22-11-5-19/h4-5,10-11,17-18H,1-3,6-9,12-16H2. The third-order valence-corrected chi connectivity index (χ3v) is 6.48. The van der Waals surface area contributed by atoms with Gasteiger partial charge in [0.25, 0.3) is 0 Å². The van der Waals surface area contributed by atoms with Crippen LogP contribution < -0.4 is 4.74 Å². The lowest BCUT2D eigenvalue weighted by Gasteiger charge is -2.47. The number of ether oxygens (including phenoxy) is 2. The molecule has 1 unspecified atom stereocenters. The highest BCUT2D eigenvalue weighted by molar-refractivity contribution is 5.79. The van der Waals surface area contributed by atoms with Crippen LogP contribution in [-0.2, 0) is 9.53 Å². The van der Waals surface area contributed by atoms with Crippen molar-refractivity contribution >= 4 is 5.91 Å². The molecule has 0 N–H and O–H groups in total. The summed E-state index contributed by atoms with van der Waals surface area (Å²) >= 11 is 0. The zero-order chi connectivity index (χ0) is 17.8. The van der Waals surface area contributed by atoms with Gasteiger partial charge in [-0.2, -0.15) is 0 Å². The van der Waals surface area contributed by atoms with Gasteiger partial charge in [0.05, 0.1) is 12.2 Å². The second kappa shape index (κ2) is 7.95. The summed E-state index contributed by atoms with van der Waals surface area (Å²) in [4.78, 5) is 18.6. The SMILES string of the molecule is O=C(C1CCC1)N1CCC2(CC1)CC(CCOc1ccncc1)CCO2. The van der Waals surface area contributed by atoms with Gasteiger partial charge in [0.15, 0.2) is 0 Å². The fourth-order valence-electron chi connectivity index (χ4n) is 4.55. The van der Waals surface area contributed by atoms with E-state index in [1.807, 2.05) is 12.1 Å². The van der Waals surface area contributed by atoms with Crippen LogP contribution in [0.2, 0.25) is 0 Å². The largest absolute Gasteiger partial charge is 0.493 e. The average molecular weight is 358 g/mol. The highest BCUT2D eigenvalue weighted by atomic mass is 16.5. The molecule has 1 spiro atoms. The molecule has 5 nitrogen and oxygen atoms in total. The number of rotatable bonds is 5. The van der Waals surface area contributed by atoms with E-state index in [0.29, 0.717) is 17.7 Å². The predicted molar refractivity (Wildman–Crippen MR) is 98.9 cm³/mol. The number of piperidine rings is 1. The predicted octanol–water partition coefficient (Wildman–Crippen LogP) is 3.44. The Labute approximate surface area is 156 Å². The molecule has 4 rings (SSSR count). The molecular formula is C21H30N2O3. The second-order valence-electron chi connectivity index (χ2n) is 8.16. The van der Waals surface area contributed by atoms with E-state index in [2.05, 4.69) is 9.88 Å². The summed E-state index contributed by atoms with van der Waals surface area (Å²) in [5.74, 6) is 2.25. The molecule has 1 aromatic rings. The minimum Gasteiger partial charge on any atom is -0.493 e. The zero-order valence-electron chi connectivity index (χ0n) is 15.6. The molecule has 2 saturated heterocycles. The number of hydrogen-bond donors (Lipinski definition) is 0. The van der Waals surface area contributed by atoms with Crippen molar-refractivity contribution in [3.8, 4) is 5.75 Å². The van der Waals surface area contributed by atoms with Crippen molar-refractivity contribution in [3.05, 3.63) is 24.5 Å². The van der Waals surface area contributed by atoms with Crippen LogP contribution in [0.3, 0.4) is 0 Å². The van der Waals surface area contributed by atoms with Crippen LogP contribution in [0.5, 0.6) is 5.75 Å². The lowest BCUT2D eigenvalue weighted by atomic mass is 9.77. The van der Waals surface area contributed by atoms with E-state index in [4.69, 9.17) is 9.47 Å². The molecule has 142 valence electrons. The molecular weight excluding hydrogens is 328 g/mol. The third kappa shape index (κ3) is 4.03. The molecule has 3 fully saturated rings. The molecule has 1 aliphatic carbocycles. The Balaban J connectivity index is 1.23. The lowest BCUT2D eigenvalue weighted by Crippen LogP contribution is -2.52. The molecule has 26 heavy (non-hydrogen) atoms. The van der Waals surface area contributed by atoms with Gasteiger partial charge < -0.3 is 14.4 Å². The van der Waals surface area contributed by atoms with Gasteiger partial charge in [-0.3, -0.25) is 9.78 Å². The van der Waals surface area contributed by atoms with Crippen LogP contribution in [0.25, 0.3) is 0 Å². The summed E-state index contributed by atoms with van der Waals surface area (Å²) in [5.41, 5.74) is -0.00399. The van der Waals surface area contributed by atoms with Crippen molar-refractivity contribution in [1.82, 2.24) is 9.88 Å². The molecule has 1 atom stereocenters. The Morgan fingerprint density at radius 1 is 1.23 bits per heavy atom. The van der Waals surface area contributed by atoms with Gasteiger partial charge in [0.2, 0.25) is 5.91 Å². The molecule has 0 bridgehead atoms. The molecule has 3 heterocycles. The minimum atomic E-state index is -0.00399. The van der Waals surface area contributed by atoms with E-state index in [0.717, 1.165) is 77.0 Å². The number of hydrogen-bond acceptors (Lipinski definition) is 4. The monoisotopic (exact) mass is 358 g/mol. The first-order chi connectivity index (χ1) is 12.7. The first kappa shape index (κ1) is 17.8. The molecule has 2 aliphatic heterocycles. The van der Waals surface area contributed by atoms with Gasteiger partial charge in [-0.25, -0.2) is 0 Å². The third-order valence-electron chi connectivity index (χ3n) is 6.48. The maximum atomic E-state index is 12.5. The van der Waals surface area contributed by atoms with E-state index < -0.39 is 0 Å². The summed E-state index contributed by atoms with van der Waals surface area (Å²) < 4.78 is 12.1. The quantitative estimate of drug-likeness (QED) is 0.809. The maximum Gasteiger partial charge on any atom is 0.225 e. The summed E-state index contributed by atoms with van der Waals surface area (Å²) in [6, 6.07) is 3.81. The number of pyridine rings is 1. The second-order valence-corrected chi connectivity index (χ2v) is 8.16. The lowest BCUT2D eigenvalue weighted by molar-refractivity contribution is -0.152. The van der Waals surface area contributed by atoms with E-state index in [-0.39, 0.29) is 5.60 Å². The number of nitrogens with zero attached hydrogens (tertiary/aromatic N) is 2. The normalized spacial score (nSPS) is 25.7. The zero-order valence-corrected chi connectivity index (χ0v) is 15.6. The van der Waals surface area contributed by atoms with E-state index in [1.165, 1.54) is 6.42 Å². The number of amides is 1.